The second-order valence-electron chi connectivity index (χ2n) is 3.12. The lowest BCUT2D eigenvalue weighted by Crippen LogP contribution is -2.07. The molecule has 0 aliphatic heterocycles. The highest BCUT2D eigenvalue weighted by atomic mass is 32.2. The van der Waals surface area contributed by atoms with Gasteiger partial charge in [0.25, 0.3) is 0 Å². The lowest BCUT2D eigenvalue weighted by atomic mass is 10.2. The molecule has 3 nitrogen and oxygen atoms in total. The first-order valence-electron chi connectivity index (χ1n) is 4.51. The van der Waals surface area contributed by atoms with Crippen molar-refractivity contribution in [3.05, 3.63) is 29.6 Å². The van der Waals surface area contributed by atoms with Crippen LogP contribution in [0.25, 0.3) is 0 Å². The van der Waals surface area contributed by atoms with Gasteiger partial charge < -0.3 is 10.5 Å². The van der Waals surface area contributed by atoms with Crippen LogP contribution in [0.3, 0.4) is 0 Å². The van der Waals surface area contributed by atoms with Crippen LogP contribution in [-0.4, -0.2) is 23.7 Å². The smallest absolute Gasteiger partial charge is 0.125 e. The molecule has 1 aromatic rings. The molecule has 1 unspecified atom stereocenters. The van der Waals surface area contributed by atoms with Crippen LogP contribution >= 0.6 is 0 Å². The Morgan fingerprint density at radius 1 is 1.53 bits per heavy atom. The molecule has 0 saturated heterocycles. The van der Waals surface area contributed by atoms with Crippen molar-refractivity contribution in [2.45, 2.75) is 5.75 Å². The number of hydrogen-bond acceptors (Lipinski definition) is 3. The van der Waals surface area contributed by atoms with E-state index in [1.54, 1.807) is 13.2 Å². The molecule has 0 fully saturated rings. The number of benzene rings is 1. The van der Waals surface area contributed by atoms with E-state index in [0.29, 0.717) is 29.4 Å². The van der Waals surface area contributed by atoms with Crippen LogP contribution in [0.4, 0.5) is 10.1 Å². The molecule has 15 heavy (non-hydrogen) atoms. The molecule has 1 aromatic carbocycles. The minimum Gasteiger partial charge on any atom is -0.398 e. The molecule has 0 radical (unpaired) electrons. The summed E-state index contributed by atoms with van der Waals surface area (Å²) in [6.45, 7) is 0.452. The van der Waals surface area contributed by atoms with Gasteiger partial charge in [0.1, 0.15) is 5.82 Å². The predicted molar refractivity (Wildman–Crippen MR) is 59.4 cm³/mol. The summed E-state index contributed by atoms with van der Waals surface area (Å²) in [5.41, 5.74) is 6.65. The van der Waals surface area contributed by atoms with Crippen LogP contribution in [0.15, 0.2) is 18.2 Å². The summed E-state index contributed by atoms with van der Waals surface area (Å²) < 4.78 is 29.0. The summed E-state index contributed by atoms with van der Waals surface area (Å²) in [6.07, 6.45) is 0. The Kier molecular flexibility index (Phi) is 4.71. The standard InChI is InChI=1S/C10H14FNO2S/c1-14-4-5-15(13)7-8-2-3-9(11)6-10(8)12/h2-3,6H,4-5,7,12H2,1H3. The van der Waals surface area contributed by atoms with Crippen LogP contribution < -0.4 is 5.73 Å². The van der Waals surface area contributed by atoms with Crippen molar-refractivity contribution in [3.8, 4) is 0 Å². The molecule has 1 atom stereocenters. The second kappa shape index (κ2) is 5.82. The minimum atomic E-state index is -1.02. The van der Waals surface area contributed by atoms with Gasteiger partial charge in [0.05, 0.1) is 12.4 Å². The molecule has 0 bridgehead atoms. The third kappa shape index (κ3) is 3.97. The zero-order valence-corrected chi connectivity index (χ0v) is 9.35. The van der Waals surface area contributed by atoms with E-state index in [1.165, 1.54) is 12.1 Å². The topological polar surface area (TPSA) is 52.3 Å². The number of nitrogen functional groups attached to an aromatic ring is 1. The molecule has 0 spiro atoms. The van der Waals surface area contributed by atoms with Crippen molar-refractivity contribution in [2.75, 3.05) is 25.2 Å². The van der Waals surface area contributed by atoms with E-state index >= 15 is 0 Å². The zero-order chi connectivity index (χ0) is 11.3. The maximum absolute atomic E-state index is 12.7. The summed E-state index contributed by atoms with van der Waals surface area (Å²) in [5, 5.41) is 0. The predicted octanol–water partition coefficient (Wildman–Crippen LogP) is 1.30. The Morgan fingerprint density at radius 2 is 2.27 bits per heavy atom. The first kappa shape index (κ1) is 12.1. The van der Waals surface area contributed by atoms with E-state index in [-0.39, 0.29) is 5.82 Å². The Labute approximate surface area is 90.9 Å². The third-order valence-electron chi connectivity index (χ3n) is 1.94. The van der Waals surface area contributed by atoms with Crippen molar-refractivity contribution in [1.82, 2.24) is 0 Å². The molecule has 0 aliphatic rings. The van der Waals surface area contributed by atoms with Crippen molar-refractivity contribution < 1.29 is 13.3 Å². The van der Waals surface area contributed by atoms with E-state index in [2.05, 4.69) is 0 Å². The van der Waals surface area contributed by atoms with Gasteiger partial charge in [0.2, 0.25) is 0 Å². The Morgan fingerprint density at radius 3 is 2.87 bits per heavy atom. The maximum Gasteiger partial charge on any atom is 0.125 e. The van der Waals surface area contributed by atoms with Crippen LogP contribution in [0.5, 0.6) is 0 Å². The van der Waals surface area contributed by atoms with Gasteiger partial charge in [-0.25, -0.2) is 4.39 Å². The lowest BCUT2D eigenvalue weighted by Gasteiger charge is -2.05. The fourth-order valence-corrected chi connectivity index (χ4v) is 2.23. The summed E-state index contributed by atoms with van der Waals surface area (Å²) in [5.74, 6) is 0.432. The molecule has 2 N–H and O–H groups in total. The van der Waals surface area contributed by atoms with Crippen LogP contribution in [-0.2, 0) is 21.3 Å². The Hall–Kier alpha value is -0.940. The highest BCUT2D eigenvalue weighted by Crippen LogP contribution is 2.15. The molecular formula is C10H14FNO2S. The van der Waals surface area contributed by atoms with Crippen molar-refractivity contribution in [2.24, 2.45) is 0 Å². The highest BCUT2D eigenvalue weighted by Gasteiger charge is 2.05. The molecule has 1 rings (SSSR count). The molecule has 0 aliphatic carbocycles. The fraction of sp³-hybridized carbons (Fsp3) is 0.400. The van der Waals surface area contributed by atoms with Crippen LogP contribution in [0.2, 0.25) is 0 Å². The SMILES string of the molecule is COCCS(=O)Cc1ccc(F)cc1N. The monoisotopic (exact) mass is 231 g/mol. The van der Waals surface area contributed by atoms with Crippen molar-refractivity contribution in [3.63, 3.8) is 0 Å². The van der Waals surface area contributed by atoms with Gasteiger partial charge in [-0.05, 0) is 17.7 Å². The zero-order valence-electron chi connectivity index (χ0n) is 8.53. The van der Waals surface area contributed by atoms with Crippen LogP contribution in [0, 0.1) is 5.82 Å². The fourth-order valence-electron chi connectivity index (χ4n) is 1.12. The summed E-state index contributed by atoms with van der Waals surface area (Å²) >= 11 is 0. The minimum absolute atomic E-state index is 0.343. The average Bonchev–Trinajstić information content (AvgIpc) is 2.19. The third-order valence-corrected chi connectivity index (χ3v) is 3.19. The molecule has 84 valence electrons. The van der Waals surface area contributed by atoms with Gasteiger partial charge in [-0.1, -0.05) is 6.07 Å². The molecular weight excluding hydrogens is 217 g/mol. The van der Waals surface area contributed by atoms with E-state index in [0.717, 1.165) is 0 Å². The summed E-state index contributed by atoms with van der Waals surface area (Å²) in [4.78, 5) is 0. The number of anilines is 1. The lowest BCUT2D eigenvalue weighted by molar-refractivity contribution is 0.218. The molecule has 5 heteroatoms. The number of rotatable bonds is 5. The van der Waals surface area contributed by atoms with E-state index < -0.39 is 10.8 Å². The first-order valence-corrected chi connectivity index (χ1v) is 6.00. The summed E-state index contributed by atoms with van der Waals surface area (Å²) in [6, 6.07) is 4.12. The molecule has 0 amide bonds. The number of ether oxygens (including phenoxy) is 1. The number of hydrogen-bond donors (Lipinski definition) is 1. The van der Waals surface area contributed by atoms with Gasteiger partial charge in [-0.15, -0.1) is 0 Å². The largest absolute Gasteiger partial charge is 0.398 e. The van der Waals surface area contributed by atoms with Gasteiger partial charge in [0, 0.05) is 29.3 Å². The summed E-state index contributed by atoms with van der Waals surface area (Å²) in [7, 11) is 0.544. The van der Waals surface area contributed by atoms with Crippen LogP contribution in [0.1, 0.15) is 5.56 Å². The molecule has 0 aromatic heterocycles. The van der Waals surface area contributed by atoms with Gasteiger partial charge in [-0.3, -0.25) is 4.21 Å². The Balaban J connectivity index is 2.60. The Bertz CT molecular complexity index is 357. The average molecular weight is 231 g/mol. The second-order valence-corrected chi connectivity index (χ2v) is 4.70. The quantitative estimate of drug-likeness (QED) is 0.777. The number of halogens is 1. The van der Waals surface area contributed by atoms with E-state index in [9.17, 15) is 8.60 Å². The van der Waals surface area contributed by atoms with Gasteiger partial charge in [0.15, 0.2) is 0 Å². The maximum atomic E-state index is 12.7. The van der Waals surface area contributed by atoms with Crippen molar-refractivity contribution in [1.29, 1.82) is 0 Å². The van der Waals surface area contributed by atoms with E-state index in [1.807, 2.05) is 0 Å². The molecule has 0 heterocycles. The van der Waals surface area contributed by atoms with Gasteiger partial charge >= 0.3 is 0 Å². The number of nitrogens with two attached hydrogens (primary N) is 1. The first-order chi connectivity index (χ1) is 7.13. The number of methoxy groups -OCH3 is 1. The van der Waals surface area contributed by atoms with E-state index in [4.69, 9.17) is 10.5 Å². The highest BCUT2D eigenvalue weighted by molar-refractivity contribution is 7.84. The van der Waals surface area contributed by atoms with Gasteiger partial charge in [-0.2, -0.15) is 0 Å². The normalized spacial score (nSPS) is 12.7. The van der Waals surface area contributed by atoms with Crippen molar-refractivity contribution >= 4 is 16.5 Å². The molecule has 0 saturated carbocycles.